The van der Waals surface area contributed by atoms with Gasteiger partial charge in [-0.1, -0.05) is 11.6 Å². The second-order valence-corrected chi connectivity index (χ2v) is 6.21. The Kier molecular flexibility index (Phi) is 6.52. The molecule has 1 saturated heterocycles. The van der Waals surface area contributed by atoms with Gasteiger partial charge in [0.05, 0.1) is 0 Å². The number of amides is 2. The molecule has 0 saturated carbocycles. The lowest BCUT2D eigenvalue weighted by Gasteiger charge is -2.32. The minimum atomic E-state index is -4.87. The van der Waals surface area contributed by atoms with Crippen molar-refractivity contribution in [3.63, 3.8) is 0 Å². The second kappa shape index (κ2) is 8.42. The van der Waals surface area contributed by atoms with E-state index >= 15 is 0 Å². The summed E-state index contributed by atoms with van der Waals surface area (Å²) in [4.78, 5) is 24.5. The predicted octanol–water partition coefficient (Wildman–Crippen LogP) is 2.64. The maximum absolute atomic E-state index is 12.1. The molecule has 2 amide bonds. The van der Waals surface area contributed by atoms with Crippen LogP contribution in [0, 0.1) is 5.92 Å². The van der Waals surface area contributed by atoms with Crippen LogP contribution >= 0.6 is 11.6 Å². The molecule has 1 aliphatic heterocycles. The lowest BCUT2D eigenvalue weighted by atomic mass is 9.97. The first kappa shape index (κ1) is 19.4. The molecule has 25 heavy (non-hydrogen) atoms. The van der Waals surface area contributed by atoms with Gasteiger partial charge in [-0.15, -0.1) is 0 Å². The summed E-state index contributed by atoms with van der Waals surface area (Å²) < 4.78 is 41.8. The average Bonchev–Trinajstić information content (AvgIpc) is 2.58. The van der Waals surface area contributed by atoms with Crippen LogP contribution in [0.4, 0.5) is 13.2 Å². The third kappa shape index (κ3) is 6.12. The summed E-state index contributed by atoms with van der Waals surface area (Å²) in [5.41, 5.74) is 0. The summed E-state index contributed by atoms with van der Waals surface area (Å²) in [6, 6.07) is 6.63. The molecule has 1 heterocycles. The van der Waals surface area contributed by atoms with E-state index in [1.165, 1.54) is 0 Å². The maximum atomic E-state index is 12.1. The number of carbonyl (C=O) groups is 2. The Balaban J connectivity index is 1.69. The Morgan fingerprint density at radius 1 is 1.20 bits per heavy atom. The van der Waals surface area contributed by atoms with Crippen molar-refractivity contribution in [2.24, 2.45) is 5.92 Å². The molecular weight excluding hydrogens is 361 g/mol. The fraction of sp³-hybridized carbons (Fsp3) is 0.500. The molecule has 0 spiro atoms. The van der Waals surface area contributed by atoms with Gasteiger partial charge < -0.3 is 15.0 Å². The first-order chi connectivity index (χ1) is 11.8. The molecule has 0 bridgehead atoms. The first-order valence-corrected chi connectivity index (χ1v) is 8.14. The van der Waals surface area contributed by atoms with E-state index in [0.717, 1.165) is 0 Å². The molecule has 5 nitrogen and oxygen atoms in total. The van der Waals surface area contributed by atoms with Gasteiger partial charge in [0, 0.05) is 24.7 Å². The molecule has 0 radical (unpaired) electrons. The van der Waals surface area contributed by atoms with E-state index in [2.05, 4.69) is 0 Å². The van der Waals surface area contributed by atoms with Gasteiger partial charge in [-0.2, -0.15) is 13.2 Å². The van der Waals surface area contributed by atoms with Crippen molar-refractivity contribution in [3.8, 4) is 5.75 Å². The van der Waals surface area contributed by atoms with E-state index in [1.54, 1.807) is 29.2 Å². The van der Waals surface area contributed by atoms with Crippen molar-refractivity contribution in [1.82, 2.24) is 10.2 Å². The molecule has 0 aliphatic carbocycles. The molecule has 2 rings (SSSR count). The van der Waals surface area contributed by atoms with Gasteiger partial charge in [-0.3, -0.25) is 9.59 Å². The molecule has 1 aromatic rings. The van der Waals surface area contributed by atoms with E-state index in [0.29, 0.717) is 36.7 Å². The number of nitrogens with zero attached hydrogens (tertiary/aromatic N) is 1. The number of hydrogen-bond acceptors (Lipinski definition) is 3. The molecule has 0 unspecified atom stereocenters. The highest BCUT2D eigenvalue weighted by Gasteiger charge is 2.38. The van der Waals surface area contributed by atoms with Crippen LogP contribution in [0.1, 0.15) is 12.8 Å². The summed E-state index contributed by atoms with van der Waals surface area (Å²) in [5, 5.41) is 2.45. The van der Waals surface area contributed by atoms with Crippen molar-refractivity contribution >= 4 is 23.4 Å². The third-order valence-corrected chi connectivity index (χ3v) is 4.20. The minimum absolute atomic E-state index is 0.0400. The Labute approximate surface area is 148 Å². The zero-order valence-electron chi connectivity index (χ0n) is 13.3. The van der Waals surface area contributed by atoms with Crippen molar-refractivity contribution in [1.29, 1.82) is 0 Å². The Bertz CT molecular complexity index is 600. The Hall–Kier alpha value is -1.96. The number of alkyl halides is 3. The van der Waals surface area contributed by atoms with E-state index in [-0.39, 0.29) is 25.0 Å². The molecule has 1 N–H and O–H groups in total. The molecule has 0 aromatic heterocycles. The van der Waals surface area contributed by atoms with Crippen LogP contribution in [-0.4, -0.2) is 49.1 Å². The number of carbonyl (C=O) groups excluding carboxylic acids is 2. The Morgan fingerprint density at radius 2 is 1.80 bits per heavy atom. The van der Waals surface area contributed by atoms with Crippen LogP contribution in [0.25, 0.3) is 0 Å². The second-order valence-electron chi connectivity index (χ2n) is 5.77. The number of piperidine rings is 1. The normalized spacial score (nSPS) is 15.8. The van der Waals surface area contributed by atoms with Crippen LogP contribution in [0.5, 0.6) is 5.75 Å². The molecule has 138 valence electrons. The van der Waals surface area contributed by atoms with Gasteiger partial charge in [0.1, 0.15) is 5.75 Å². The van der Waals surface area contributed by atoms with Crippen LogP contribution in [0.3, 0.4) is 0 Å². The van der Waals surface area contributed by atoms with Crippen LogP contribution in [0.2, 0.25) is 5.02 Å². The number of rotatable bonds is 5. The number of ether oxygens (including phenoxy) is 1. The van der Waals surface area contributed by atoms with Crippen LogP contribution in [-0.2, 0) is 9.59 Å². The highest BCUT2D eigenvalue weighted by Crippen LogP contribution is 2.19. The van der Waals surface area contributed by atoms with E-state index in [9.17, 15) is 22.8 Å². The van der Waals surface area contributed by atoms with Gasteiger partial charge in [-0.25, -0.2) is 0 Å². The summed E-state index contributed by atoms with van der Waals surface area (Å²) in [5.74, 6) is -1.66. The molecule has 1 aromatic carbocycles. The topological polar surface area (TPSA) is 58.6 Å². The van der Waals surface area contributed by atoms with Crippen molar-refractivity contribution in [3.05, 3.63) is 29.3 Å². The predicted molar refractivity (Wildman–Crippen MR) is 85.3 cm³/mol. The van der Waals surface area contributed by atoms with Gasteiger partial charge in [0.25, 0.3) is 5.91 Å². The number of halogens is 4. The summed E-state index contributed by atoms with van der Waals surface area (Å²) in [6.07, 6.45) is -3.80. The first-order valence-electron chi connectivity index (χ1n) is 7.77. The van der Waals surface area contributed by atoms with Crippen LogP contribution < -0.4 is 10.1 Å². The summed E-state index contributed by atoms with van der Waals surface area (Å²) >= 11 is 5.76. The number of hydrogen-bond donors (Lipinski definition) is 1. The molecule has 1 aliphatic rings. The maximum Gasteiger partial charge on any atom is 0.471 e. The largest absolute Gasteiger partial charge is 0.484 e. The standard InChI is InChI=1S/C16H18ClF3N2O3/c17-12-1-3-13(4-2-12)25-10-14(23)22-7-5-11(6-8-22)9-21-15(24)16(18,19)20/h1-4,11H,5-10H2,(H,21,24). The van der Waals surface area contributed by atoms with E-state index in [4.69, 9.17) is 16.3 Å². The fourth-order valence-corrected chi connectivity index (χ4v) is 2.62. The van der Waals surface area contributed by atoms with Gasteiger partial charge in [0.2, 0.25) is 0 Å². The van der Waals surface area contributed by atoms with Crippen LogP contribution in [0.15, 0.2) is 24.3 Å². The quantitative estimate of drug-likeness (QED) is 0.857. The lowest BCUT2D eigenvalue weighted by molar-refractivity contribution is -0.173. The third-order valence-electron chi connectivity index (χ3n) is 3.95. The Morgan fingerprint density at radius 3 is 2.36 bits per heavy atom. The van der Waals surface area contributed by atoms with Crippen molar-refractivity contribution < 1.29 is 27.5 Å². The summed E-state index contributed by atoms with van der Waals surface area (Å²) in [6.45, 7) is 0.698. The number of benzene rings is 1. The summed E-state index contributed by atoms with van der Waals surface area (Å²) in [7, 11) is 0. The minimum Gasteiger partial charge on any atom is -0.484 e. The average molecular weight is 379 g/mol. The highest BCUT2D eigenvalue weighted by atomic mass is 35.5. The molecule has 0 atom stereocenters. The van der Waals surface area contributed by atoms with E-state index < -0.39 is 12.1 Å². The fourth-order valence-electron chi connectivity index (χ4n) is 2.49. The van der Waals surface area contributed by atoms with Gasteiger partial charge in [0.15, 0.2) is 6.61 Å². The zero-order chi connectivity index (χ0) is 18.4. The molecular formula is C16H18ClF3N2O3. The number of nitrogens with one attached hydrogen (secondary N) is 1. The zero-order valence-corrected chi connectivity index (χ0v) is 14.1. The van der Waals surface area contributed by atoms with E-state index in [1.807, 2.05) is 5.32 Å². The molecule has 1 fully saturated rings. The van der Waals surface area contributed by atoms with Crippen molar-refractivity contribution in [2.45, 2.75) is 19.0 Å². The highest BCUT2D eigenvalue weighted by molar-refractivity contribution is 6.30. The number of likely N-dealkylation sites (tertiary alicyclic amines) is 1. The van der Waals surface area contributed by atoms with Gasteiger partial charge in [-0.05, 0) is 43.0 Å². The lowest BCUT2D eigenvalue weighted by Crippen LogP contribution is -2.45. The van der Waals surface area contributed by atoms with Crippen molar-refractivity contribution in [2.75, 3.05) is 26.2 Å². The smallest absolute Gasteiger partial charge is 0.471 e. The molecule has 9 heteroatoms. The monoisotopic (exact) mass is 378 g/mol. The SMILES string of the molecule is O=C(COc1ccc(Cl)cc1)N1CCC(CNC(=O)C(F)(F)F)CC1. The van der Waals surface area contributed by atoms with Gasteiger partial charge >= 0.3 is 12.1 Å².